The molecule has 1 aromatic carbocycles. The predicted octanol–water partition coefficient (Wildman–Crippen LogP) is 3.31. The number of alkyl halides is 3. The fraction of sp³-hybridized carbons (Fsp3) is 0.571. The van der Waals surface area contributed by atoms with E-state index in [0.29, 0.717) is 5.92 Å². The molecule has 0 radical (unpaired) electrons. The van der Waals surface area contributed by atoms with Gasteiger partial charge in [0.25, 0.3) is 0 Å². The normalized spacial score (nSPS) is 24.3. The van der Waals surface area contributed by atoms with Crippen LogP contribution in [0.5, 0.6) is 0 Å². The lowest BCUT2D eigenvalue weighted by molar-refractivity contribution is -0.250. The van der Waals surface area contributed by atoms with Crippen LogP contribution in [0, 0.1) is 0 Å². The first-order chi connectivity index (χ1) is 8.73. The van der Waals surface area contributed by atoms with Gasteiger partial charge in [-0.05, 0) is 23.6 Å². The van der Waals surface area contributed by atoms with Crippen molar-refractivity contribution in [2.75, 3.05) is 18.0 Å². The van der Waals surface area contributed by atoms with Crippen molar-refractivity contribution in [1.82, 2.24) is 0 Å². The van der Waals surface area contributed by atoms with Crippen LogP contribution in [0.3, 0.4) is 0 Å². The minimum atomic E-state index is -4.57. The van der Waals surface area contributed by atoms with Gasteiger partial charge in [-0.1, -0.05) is 26.0 Å². The van der Waals surface area contributed by atoms with Crippen molar-refractivity contribution in [1.29, 1.82) is 0 Å². The van der Waals surface area contributed by atoms with Crippen molar-refractivity contribution in [3.05, 3.63) is 29.8 Å². The molecule has 2 rings (SSSR count). The number of rotatable bonds is 2. The van der Waals surface area contributed by atoms with Gasteiger partial charge in [-0.15, -0.1) is 0 Å². The second-order valence-corrected chi connectivity index (χ2v) is 5.45. The van der Waals surface area contributed by atoms with Crippen LogP contribution in [0.15, 0.2) is 24.3 Å². The van der Waals surface area contributed by atoms with E-state index in [-0.39, 0.29) is 13.0 Å². The van der Waals surface area contributed by atoms with Crippen molar-refractivity contribution >= 4 is 5.69 Å². The van der Waals surface area contributed by atoms with Crippen LogP contribution in [0.25, 0.3) is 0 Å². The smallest absolute Gasteiger partial charge is 0.379 e. The van der Waals surface area contributed by atoms with Crippen molar-refractivity contribution in [3.63, 3.8) is 0 Å². The molecular formula is C14H18F3NO. The maximum absolute atomic E-state index is 12.7. The van der Waals surface area contributed by atoms with Crippen molar-refractivity contribution < 1.29 is 18.3 Å². The third-order valence-electron chi connectivity index (χ3n) is 3.70. The van der Waals surface area contributed by atoms with Crippen LogP contribution in [0.1, 0.15) is 31.7 Å². The SMILES string of the molecule is CC(C)c1ccc(N2CC[C@](O)(C(F)(F)F)C2)cc1. The molecule has 1 N–H and O–H groups in total. The zero-order chi connectivity index (χ0) is 14.3. The monoisotopic (exact) mass is 273 g/mol. The molecule has 1 aliphatic rings. The first-order valence-corrected chi connectivity index (χ1v) is 6.37. The second kappa shape index (κ2) is 4.71. The molecule has 0 saturated carbocycles. The summed E-state index contributed by atoms with van der Waals surface area (Å²) in [7, 11) is 0. The molecule has 2 nitrogen and oxygen atoms in total. The first kappa shape index (κ1) is 14.2. The maximum Gasteiger partial charge on any atom is 0.418 e. The van der Waals surface area contributed by atoms with Crippen LogP contribution < -0.4 is 4.90 Å². The standard InChI is InChI=1S/C14H18F3NO/c1-10(2)11-3-5-12(6-4-11)18-8-7-13(19,9-18)14(15,16)17/h3-6,10,19H,7-9H2,1-2H3/t13-/m1/s1. The Morgan fingerprint density at radius 2 is 1.79 bits per heavy atom. The molecule has 0 bridgehead atoms. The zero-order valence-electron chi connectivity index (χ0n) is 11.0. The number of aliphatic hydroxyl groups is 1. The summed E-state index contributed by atoms with van der Waals surface area (Å²) < 4.78 is 38.2. The number of halogens is 3. The van der Waals surface area contributed by atoms with Crippen molar-refractivity contribution in [3.8, 4) is 0 Å². The Morgan fingerprint density at radius 1 is 1.21 bits per heavy atom. The first-order valence-electron chi connectivity index (χ1n) is 6.37. The Morgan fingerprint density at radius 3 is 2.21 bits per heavy atom. The van der Waals surface area contributed by atoms with E-state index in [0.717, 1.165) is 11.3 Å². The summed E-state index contributed by atoms with van der Waals surface area (Å²) in [5, 5.41) is 9.64. The number of β-amino-alcohol motifs (C(OH)–C–C–N with tert-alkyl or cyclic N) is 1. The molecule has 19 heavy (non-hydrogen) atoms. The predicted molar refractivity (Wildman–Crippen MR) is 68.4 cm³/mol. The highest BCUT2D eigenvalue weighted by Gasteiger charge is 2.57. The quantitative estimate of drug-likeness (QED) is 0.893. The lowest BCUT2D eigenvalue weighted by Crippen LogP contribution is -2.47. The number of hydrogen-bond acceptors (Lipinski definition) is 2. The molecule has 0 aliphatic carbocycles. The highest BCUT2D eigenvalue weighted by atomic mass is 19.4. The summed E-state index contributed by atoms with van der Waals surface area (Å²) in [6.45, 7) is 3.95. The van der Waals surface area contributed by atoms with Crippen LogP contribution in [-0.4, -0.2) is 30.0 Å². The van der Waals surface area contributed by atoms with Crippen molar-refractivity contribution in [2.24, 2.45) is 0 Å². The minimum Gasteiger partial charge on any atom is -0.379 e. The van der Waals surface area contributed by atoms with Gasteiger partial charge in [-0.25, -0.2) is 0 Å². The molecule has 0 aromatic heterocycles. The third kappa shape index (κ3) is 2.71. The lowest BCUT2D eigenvalue weighted by Gasteiger charge is -2.26. The van der Waals surface area contributed by atoms with Gasteiger partial charge in [0.1, 0.15) is 0 Å². The van der Waals surface area contributed by atoms with Crippen LogP contribution >= 0.6 is 0 Å². The van der Waals surface area contributed by atoms with Gasteiger partial charge in [0, 0.05) is 18.7 Å². The Kier molecular flexibility index (Phi) is 3.51. The van der Waals surface area contributed by atoms with Crippen molar-refractivity contribution in [2.45, 2.75) is 38.0 Å². The second-order valence-electron chi connectivity index (χ2n) is 5.45. The molecular weight excluding hydrogens is 255 g/mol. The van der Waals surface area contributed by atoms with Gasteiger partial charge in [0.2, 0.25) is 0 Å². The van der Waals surface area contributed by atoms with Gasteiger partial charge in [0.15, 0.2) is 5.60 Å². The highest BCUT2D eigenvalue weighted by molar-refractivity contribution is 5.49. The summed E-state index contributed by atoms with van der Waals surface area (Å²) in [6, 6.07) is 7.48. The molecule has 1 fully saturated rings. The average molecular weight is 273 g/mol. The molecule has 1 aliphatic heterocycles. The molecule has 0 spiro atoms. The van der Waals surface area contributed by atoms with Gasteiger partial charge in [-0.2, -0.15) is 13.2 Å². The molecule has 0 unspecified atom stereocenters. The Balaban J connectivity index is 2.13. The average Bonchev–Trinajstić information content (AvgIpc) is 2.73. The summed E-state index contributed by atoms with van der Waals surface area (Å²) in [5.41, 5.74) is -0.706. The Hall–Kier alpha value is -1.23. The molecule has 106 valence electrons. The van der Waals surface area contributed by atoms with Gasteiger partial charge in [-0.3, -0.25) is 0 Å². The molecule has 5 heteroatoms. The van der Waals surface area contributed by atoms with Gasteiger partial charge < -0.3 is 10.0 Å². The zero-order valence-corrected chi connectivity index (χ0v) is 11.0. The van der Waals surface area contributed by atoms with E-state index in [1.807, 2.05) is 24.3 Å². The Labute approximate surface area is 110 Å². The van der Waals surface area contributed by atoms with E-state index in [2.05, 4.69) is 13.8 Å². The largest absolute Gasteiger partial charge is 0.418 e. The number of hydrogen-bond donors (Lipinski definition) is 1. The highest BCUT2D eigenvalue weighted by Crippen LogP contribution is 2.39. The van der Waals surface area contributed by atoms with E-state index in [1.54, 1.807) is 4.90 Å². The van der Waals surface area contributed by atoms with Crippen LogP contribution in [0.2, 0.25) is 0 Å². The molecule has 1 atom stereocenters. The fourth-order valence-electron chi connectivity index (χ4n) is 2.32. The molecule has 1 heterocycles. The third-order valence-corrected chi connectivity index (χ3v) is 3.70. The van der Waals surface area contributed by atoms with E-state index in [1.165, 1.54) is 0 Å². The number of anilines is 1. The molecule has 1 aromatic rings. The van der Waals surface area contributed by atoms with Gasteiger partial charge in [0.05, 0.1) is 6.54 Å². The van der Waals surface area contributed by atoms with Crippen LogP contribution in [-0.2, 0) is 0 Å². The van der Waals surface area contributed by atoms with E-state index in [9.17, 15) is 18.3 Å². The summed E-state index contributed by atoms with van der Waals surface area (Å²) in [6.07, 6.45) is -4.85. The lowest BCUT2D eigenvalue weighted by atomic mass is 10.0. The molecule has 0 amide bonds. The summed E-state index contributed by atoms with van der Waals surface area (Å²) in [5.74, 6) is 0.389. The van der Waals surface area contributed by atoms with Gasteiger partial charge >= 0.3 is 6.18 Å². The minimum absolute atomic E-state index is 0.219. The topological polar surface area (TPSA) is 23.5 Å². The number of nitrogens with zero attached hydrogens (tertiary/aromatic N) is 1. The van der Waals surface area contributed by atoms with E-state index in [4.69, 9.17) is 0 Å². The maximum atomic E-state index is 12.7. The van der Waals surface area contributed by atoms with E-state index < -0.39 is 18.3 Å². The fourth-order valence-corrected chi connectivity index (χ4v) is 2.32. The number of benzene rings is 1. The summed E-state index contributed by atoms with van der Waals surface area (Å²) in [4.78, 5) is 1.58. The summed E-state index contributed by atoms with van der Waals surface area (Å²) >= 11 is 0. The Bertz CT molecular complexity index is 441. The molecule has 1 saturated heterocycles. The van der Waals surface area contributed by atoms with Crippen LogP contribution in [0.4, 0.5) is 18.9 Å². The van der Waals surface area contributed by atoms with E-state index >= 15 is 0 Å².